The number of rotatable bonds is 14. The summed E-state index contributed by atoms with van der Waals surface area (Å²) in [7, 11) is 0. The highest BCUT2D eigenvalue weighted by atomic mass is 16.4. The third-order valence-electron chi connectivity index (χ3n) is 3.54. The zero-order chi connectivity index (χ0) is 21.5. The van der Waals surface area contributed by atoms with Gasteiger partial charge in [0.25, 0.3) is 0 Å². The predicted molar refractivity (Wildman–Crippen MR) is 115 cm³/mol. The van der Waals surface area contributed by atoms with Gasteiger partial charge in [0.1, 0.15) is 6.42 Å². The van der Waals surface area contributed by atoms with Crippen LogP contribution in [0.1, 0.15) is 86.5 Å². The van der Waals surface area contributed by atoms with Crippen molar-refractivity contribution in [1.29, 1.82) is 0 Å². The minimum atomic E-state index is -1.31. The summed E-state index contributed by atoms with van der Waals surface area (Å²) in [5.41, 5.74) is 0. The molecule has 0 aliphatic rings. The molecule has 0 bridgehead atoms. The number of nitrogens with zero attached hydrogens (tertiary/aromatic N) is 2. The fraction of sp³-hybridized carbons (Fsp3) is 0.905. The van der Waals surface area contributed by atoms with Crippen LogP contribution in [0.5, 0.6) is 0 Å². The first kappa shape index (κ1) is 30.6. The summed E-state index contributed by atoms with van der Waals surface area (Å²) in [5, 5.41) is 15.4. The van der Waals surface area contributed by atoms with E-state index in [9.17, 15) is 9.59 Å². The van der Waals surface area contributed by atoms with Crippen molar-refractivity contribution in [2.75, 3.05) is 39.3 Å². The van der Waals surface area contributed by atoms with Crippen LogP contribution < -0.4 is 0 Å². The molecule has 6 nitrogen and oxygen atoms in total. The van der Waals surface area contributed by atoms with E-state index in [1.807, 2.05) is 0 Å². The van der Waals surface area contributed by atoms with E-state index in [1.165, 1.54) is 77.8 Å². The van der Waals surface area contributed by atoms with Crippen molar-refractivity contribution >= 4 is 11.9 Å². The molecular weight excluding hydrogens is 344 g/mol. The van der Waals surface area contributed by atoms with Crippen LogP contribution in [0.2, 0.25) is 0 Å². The average molecular weight is 391 g/mol. The third-order valence-corrected chi connectivity index (χ3v) is 3.54. The second-order valence-electron chi connectivity index (χ2n) is 6.65. The maximum Gasteiger partial charge on any atom is 0.314 e. The molecule has 0 unspecified atom stereocenters. The van der Waals surface area contributed by atoms with E-state index in [0.717, 1.165) is 0 Å². The van der Waals surface area contributed by atoms with Crippen molar-refractivity contribution in [3.8, 4) is 0 Å². The van der Waals surface area contributed by atoms with E-state index in [2.05, 4.69) is 51.3 Å². The Hall–Kier alpha value is -1.14. The lowest BCUT2D eigenvalue weighted by Gasteiger charge is -2.19. The molecule has 0 aromatic heterocycles. The summed E-state index contributed by atoms with van der Waals surface area (Å²) >= 11 is 0. The molecule has 0 fully saturated rings. The van der Waals surface area contributed by atoms with Crippen LogP contribution in [0.4, 0.5) is 0 Å². The van der Waals surface area contributed by atoms with E-state index in [-0.39, 0.29) is 0 Å². The van der Waals surface area contributed by atoms with E-state index in [4.69, 9.17) is 10.2 Å². The lowest BCUT2D eigenvalue weighted by molar-refractivity contribution is -0.147. The SMILES string of the molecule is CCCN(CCC)CCC.CCCN(CCC)CCC.O=C(O)CC(=O)O. The second-order valence-corrected chi connectivity index (χ2v) is 6.65. The highest BCUT2D eigenvalue weighted by molar-refractivity contribution is 5.88. The van der Waals surface area contributed by atoms with E-state index < -0.39 is 18.4 Å². The van der Waals surface area contributed by atoms with Gasteiger partial charge in [0.05, 0.1) is 0 Å². The summed E-state index contributed by atoms with van der Waals surface area (Å²) in [6.07, 6.45) is 6.94. The van der Waals surface area contributed by atoms with Crippen LogP contribution in [-0.4, -0.2) is 71.2 Å². The smallest absolute Gasteiger partial charge is 0.314 e. The Kier molecular flexibility index (Phi) is 28.2. The van der Waals surface area contributed by atoms with E-state index >= 15 is 0 Å². The van der Waals surface area contributed by atoms with Crippen molar-refractivity contribution in [3.05, 3.63) is 0 Å². The van der Waals surface area contributed by atoms with Crippen molar-refractivity contribution in [1.82, 2.24) is 9.80 Å². The Morgan fingerprint density at radius 1 is 0.519 bits per heavy atom. The molecule has 164 valence electrons. The van der Waals surface area contributed by atoms with Crippen LogP contribution in [0.3, 0.4) is 0 Å². The first-order valence-corrected chi connectivity index (χ1v) is 10.7. The molecular formula is C21H46N2O4. The Bertz CT molecular complexity index is 267. The molecule has 0 aromatic rings. The number of aliphatic carboxylic acids is 2. The number of carboxylic acids is 2. The molecule has 0 atom stereocenters. The summed E-state index contributed by atoms with van der Waals surface area (Å²) in [4.78, 5) is 23.9. The fourth-order valence-electron chi connectivity index (χ4n) is 2.70. The molecule has 2 N–H and O–H groups in total. The van der Waals surface area contributed by atoms with Crippen LogP contribution in [0.25, 0.3) is 0 Å². The molecule has 0 amide bonds. The lowest BCUT2D eigenvalue weighted by Crippen LogP contribution is -2.26. The van der Waals surface area contributed by atoms with Crippen molar-refractivity contribution in [3.63, 3.8) is 0 Å². The molecule has 0 radical (unpaired) electrons. The van der Waals surface area contributed by atoms with E-state index in [1.54, 1.807) is 0 Å². The third kappa shape index (κ3) is 29.9. The zero-order valence-electron chi connectivity index (χ0n) is 18.8. The quantitative estimate of drug-likeness (QED) is 0.422. The highest BCUT2D eigenvalue weighted by Gasteiger charge is 2.01. The zero-order valence-corrected chi connectivity index (χ0v) is 18.8. The van der Waals surface area contributed by atoms with Gasteiger partial charge in [-0.15, -0.1) is 0 Å². The molecule has 0 saturated heterocycles. The Morgan fingerprint density at radius 3 is 0.778 bits per heavy atom. The largest absolute Gasteiger partial charge is 0.481 e. The molecule has 0 heterocycles. The van der Waals surface area contributed by atoms with Gasteiger partial charge in [0.2, 0.25) is 0 Å². The van der Waals surface area contributed by atoms with Gasteiger partial charge in [0, 0.05) is 0 Å². The van der Waals surface area contributed by atoms with Gasteiger partial charge in [-0.1, -0.05) is 41.5 Å². The van der Waals surface area contributed by atoms with Crippen LogP contribution >= 0.6 is 0 Å². The summed E-state index contributed by atoms with van der Waals surface area (Å²) in [6.45, 7) is 21.2. The monoisotopic (exact) mass is 390 g/mol. The second kappa shape index (κ2) is 24.9. The average Bonchev–Trinajstić information content (AvgIpc) is 2.56. The van der Waals surface area contributed by atoms with Gasteiger partial charge >= 0.3 is 11.9 Å². The van der Waals surface area contributed by atoms with Gasteiger partial charge in [-0.25, -0.2) is 0 Å². The van der Waals surface area contributed by atoms with Crippen LogP contribution in [0, 0.1) is 0 Å². The minimum absolute atomic E-state index is 0.806. The number of carboxylic acid groups (broad SMARTS) is 2. The molecule has 27 heavy (non-hydrogen) atoms. The Balaban J connectivity index is -0.000000326. The standard InChI is InChI=1S/2C9H21N.C3H4O4/c2*1-4-7-10(8-5-2)9-6-3;4-2(5)1-3(6)7/h2*4-9H2,1-3H3;1H2,(H,4,5)(H,6,7). The molecule has 0 spiro atoms. The fourth-order valence-corrected chi connectivity index (χ4v) is 2.70. The molecule has 0 aromatic carbocycles. The number of carbonyl (C=O) groups is 2. The molecule has 0 saturated carbocycles. The lowest BCUT2D eigenvalue weighted by atomic mass is 10.3. The normalized spacial score (nSPS) is 10.1. The van der Waals surface area contributed by atoms with Gasteiger partial charge in [0.15, 0.2) is 0 Å². The van der Waals surface area contributed by atoms with Crippen molar-refractivity contribution in [2.45, 2.75) is 86.5 Å². The van der Waals surface area contributed by atoms with E-state index in [0.29, 0.717) is 0 Å². The van der Waals surface area contributed by atoms with Gasteiger partial charge in [-0.3, -0.25) is 9.59 Å². The maximum absolute atomic E-state index is 9.43. The Labute approximate surface area is 167 Å². The highest BCUT2D eigenvalue weighted by Crippen LogP contribution is 1.95. The molecule has 0 aliphatic heterocycles. The number of hydrogen-bond donors (Lipinski definition) is 2. The van der Waals surface area contributed by atoms with Crippen LogP contribution in [0.15, 0.2) is 0 Å². The molecule has 6 heteroatoms. The number of hydrogen-bond acceptors (Lipinski definition) is 4. The van der Waals surface area contributed by atoms with Crippen LogP contribution in [-0.2, 0) is 9.59 Å². The maximum atomic E-state index is 9.43. The van der Waals surface area contributed by atoms with Crippen molar-refractivity contribution in [2.24, 2.45) is 0 Å². The topological polar surface area (TPSA) is 81.1 Å². The van der Waals surface area contributed by atoms with Gasteiger partial charge < -0.3 is 20.0 Å². The first-order chi connectivity index (χ1) is 12.8. The molecule has 0 rings (SSSR count). The van der Waals surface area contributed by atoms with Gasteiger partial charge in [-0.05, 0) is 77.8 Å². The van der Waals surface area contributed by atoms with Gasteiger partial charge in [-0.2, -0.15) is 0 Å². The molecule has 0 aliphatic carbocycles. The van der Waals surface area contributed by atoms with Crippen molar-refractivity contribution < 1.29 is 19.8 Å². The minimum Gasteiger partial charge on any atom is -0.481 e. The summed E-state index contributed by atoms with van der Waals surface area (Å²) < 4.78 is 0. The summed E-state index contributed by atoms with van der Waals surface area (Å²) in [6, 6.07) is 0. The first-order valence-electron chi connectivity index (χ1n) is 10.7. The predicted octanol–water partition coefficient (Wildman–Crippen LogP) is 4.58. The Morgan fingerprint density at radius 2 is 0.704 bits per heavy atom. The summed E-state index contributed by atoms with van der Waals surface area (Å²) in [5.74, 6) is -2.62.